The minimum absolute atomic E-state index is 0.260. The van der Waals surface area contributed by atoms with Crippen molar-refractivity contribution in [2.24, 2.45) is 0 Å². The Kier molecular flexibility index (Phi) is 4.47. The van der Waals surface area contributed by atoms with Gasteiger partial charge in [0.05, 0.1) is 12.8 Å². The molecule has 0 aliphatic rings. The summed E-state index contributed by atoms with van der Waals surface area (Å²) in [6, 6.07) is 8.79. The molecular formula is C15H17FN2O. The smallest absolute Gasteiger partial charge is 0.131 e. The Labute approximate surface area is 112 Å². The predicted molar refractivity (Wildman–Crippen MR) is 72.5 cm³/mol. The van der Waals surface area contributed by atoms with Crippen molar-refractivity contribution in [3.63, 3.8) is 0 Å². The summed E-state index contributed by atoms with van der Waals surface area (Å²) >= 11 is 0. The van der Waals surface area contributed by atoms with Crippen LogP contribution in [0, 0.1) is 12.7 Å². The minimum atomic E-state index is -0.260. The van der Waals surface area contributed by atoms with E-state index in [0.29, 0.717) is 24.4 Å². The molecule has 1 aromatic heterocycles. The average Bonchev–Trinajstić information content (AvgIpc) is 2.42. The van der Waals surface area contributed by atoms with Gasteiger partial charge in [-0.05, 0) is 24.6 Å². The van der Waals surface area contributed by atoms with E-state index in [1.54, 1.807) is 18.3 Å². The number of hydrogen-bond acceptors (Lipinski definition) is 3. The van der Waals surface area contributed by atoms with Crippen molar-refractivity contribution in [2.45, 2.75) is 20.0 Å². The maximum atomic E-state index is 13.7. The number of nitrogens with one attached hydrogen (secondary N) is 1. The minimum Gasteiger partial charge on any atom is -0.497 e. The lowest BCUT2D eigenvalue weighted by atomic mass is 10.2. The third kappa shape index (κ3) is 3.51. The summed E-state index contributed by atoms with van der Waals surface area (Å²) in [5.74, 6) is 0.270. The van der Waals surface area contributed by atoms with Crippen molar-refractivity contribution in [1.82, 2.24) is 10.3 Å². The van der Waals surface area contributed by atoms with Gasteiger partial charge in [-0.25, -0.2) is 4.39 Å². The number of rotatable bonds is 5. The van der Waals surface area contributed by atoms with Crippen molar-refractivity contribution >= 4 is 0 Å². The number of ether oxygens (including phenoxy) is 1. The fourth-order valence-electron chi connectivity index (χ4n) is 1.82. The van der Waals surface area contributed by atoms with Gasteiger partial charge in [0.2, 0.25) is 0 Å². The van der Waals surface area contributed by atoms with Crippen LogP contribution in [-0.4, -0.2) is 12.1 Å². The Hall–Kier alpha value is -1.94. The molecule has 0 saturated carbocycles. The lowest BCUT2D eigenvalue weighted by molar-refractivity contribution is 0.410. The average molecular weight is 260 g/mol. The molecule has 0 spiro atoms. The third-order valence-corrected chi connectivity index (χ3v) is 2.99. The zero-order valence-corrected chi connectivity index (χ0v) is 11.1. The topological polar surface area (TPSA) is 34.1 Å². The quantitative estimate of drug-likeness (QED) is 0.897. The van der Waals surface area contributed by atoms with Gasteiger partial charge in [0, 0.05) is 30.9 Å². The van der Waals surface area contributed by atoms with E-state index in [4.69, 9.17) is 4.74 Å². The Balaban J connectivity index is 1.94. The number of halogens is 1. The van der Waals surface area contributed by atoms with Crippen molar-refractivity contribution in [2.75, 3.05) is 7.11 Å². The number of hydrogen-bond donors (Lipinski definition) is 1. The molecule has 0 atom stereocenters. The SMILES string of the molecule is COc1ccc(CNCc2ncccc2C)c(F)c1. The second-order valence-electron chi connectivity index (χ2n) is 4.33. The number of nitrogens with zero attached hydrogens (tertiary/aromatic N) is 1. The molecule has 3 nitrogen and oxygen atoms in total. The summed E-state index contributed by atoms with van der Waals surface area (Å²) in [6.45, 7) is 3.10. The number of pyridine rings is 1. The Bertz CT molecular complexity index is 558. The molecule has 0 bridgehead atoms. The Morgan fingerprint density at radius 2 is 2.11 bits per heavy atom. The van der Waals surface area contributed by atoms with Crippen LogP contribution in [0.1, 0.15) is 16.8 Å². The molecule has 0 fully saturated rings. The van der Waals surface area contributed by atoms with Crippen LogP contribution in [0.5, 0.6) is 5.75 Å². The van der Waals surface area contributed by atoms with Gasteiger partial charge in [-0.3, -0.25) is 4.98 Å². The Morgan fingerprint density at radius 3 is 2.79 bits per heavy atom. The molecule has 0 radical (unpaired) electrons. The van der Waals surface area contributed by atoms with E-state index in [2.05, 4.69) is 10.3 Å². The van der Waals surface area contributed by atoms with E-state index in [9.17, 15) is 4.39 Å². The van der Waals surface area contributed by atoms with Gasteiger partial charge in [-0.15, -0.1) is 0 Å². The van der Waals surface area contributed by atoms with Crippen LogP contribution in [-0.2, 0) is 13.1 Å². The van der Waals surface area contributed by atoms with E-state index in [-0.39, 0.29) is 5.82 Å². The first-order valence-corrected chi connectivity index (χ1v) is 6.14. The molecule has 19 heavy (non-hydrogen) atoms. The molecule has 1 heterocycles. The van der Waals surface area contributed by atoms with Crippen LogP contribution in [0.3, 0.4) is 0 Å². The molecule has 0 aliphatic heterocycles. The van der Waals surface area contributed by atoms with Crippen molar-refractivity contribution < 1.29 is 9.13 Å². The fourth-order valence-corrected chi connectivity index (χ4v) is 1.82. The van der Waals surface area contributed by atoms with Crippen LogP contribution in [0.2, 0.25) is 0 Å². The lowest BCUT2D eigenvalue weighted by Crippen LogP contribution is -2.15. The highest BCUT2D eigenvalue weighted by atomic mass is 19.1. The Morgan fingerprint density at radius 1 is 1.26 bits per heavy atom. The molecular weight excluding hydrogens is 243 g/mol. The maximum Gasteiger partial charge on any atom is 0.131 e. The summed E-state index contributed by atoms with van der Waals surface area (Å²) in [7, 11) is 1.52. The van der Waals surface area contributed by atoms with E-state index in [1.165, 1.54) is 13.2 Å². The summed E-state index contributed by atoms with van der Waals surface area (Å²) in [4.78, 5) is 4.28. The summed E-state index contributed by atoms with van der Waals surface area (Å²) in [5, 5.41) is 3.19. The van der Waals surface area contributed by atoms with Crippen LogP contribution in [0.4, 0.5) is 4.39 Å². The van der Waals surface area contributed by atoms with E-state index < -0.39 is 0 Å². The van der Waals surface area contributed by atoms with Gasteiger partial charge < -0.3 is 10.1 Å². The molecule has 0 aliphatic carbocycles. The second kappa shape index (κ2) is 6.29. The zero-order chi connectivity index (χ0) is 13.7. The standard InChI is InChI=1S/C15H17FN2O/c1-11-4-3-7-18-15(11)10-17-9-12-5-6-13(19-2)8-14(12)16/h3-8,17H,9-10H2,1-2H3. The highest BCUT2D eigenvalue weighted by molar-refractivity contribution is 5.28. The second-order valence-corrected chi connectivity index (χ2v) is 4.33. The van der Waals surface area contributed by atoms with Crippen LogP contribution < -0.4 is 10.1 Å². The molecule has 100 valence electrons. The highest BCUT2D eigenvalue weighted by Gasteiger charge is 2.04. The number of benzene rings is 1. The van der Waals surface area contributed by atoms with Gasteiger partial charge in [0.25, 0.3) is 0 Å². The molecule has 4 heteroatoms. The summed E-state index contributed by atoms with van der Waals surface area (Å²) in [5.41, 5.74) is 2.73. The van der Waals surface area contributed by atoms with Crippen LogP contribution >= 0.6 is 0 Å². The fraction of sp³-hybridized carbons (Fsp3) is 0.267. The van der Waals surface area contributed by atoms with Crippen LogP contribution in [0.25, 0.3) is 0 Å². The number of aryl methyl sites for hydroxylation is 1. The molecule has 1 N–H and O–H groups in total. The predicted octanol–water partition coefficient (Wildman–Crippen LogP) is 2.83. The van der Waals surface area contributed by atoms with Crippen molar-refractivity contribution in [1.29, 1.82) is 0 Å². The zero-order valence-electron chi connectivity index (χ0n) is 11.1. The summed E-state index contributed by atoms with van der Waals surface area (Å²) < 4.78 is 18.7. The molecule has 0 unspecified atom stereocenters. The molecule has 1 aromatic carbocycles. The van der Waals surface area contributed by atoms with Crippen molar-refractivity contribution in [3.05, 3.63) is 59.2 Å². The first-order chi connectivity index (χ1) is 9.20. The third-order valence-electron chi connectivity index (χ3n) is 2.99. The molecule has 0 saturated heterocycles. The van der Waals surface area contributed by atoms with E-state index in [1.807, 2.05) is 19.1 Å². The van der Waals surface area contributed by atoms with Crippen LogP contribution in [0.15, 0.2) is 36.5 Å². The normalized spacial score (nSPS) is 10.5. The molecule has 0 amide bonds. The van der Waals surface area contributed by atoms with E-state index >= 15 is 0 Å². The highest BCUT2D eigenvalue weighted by Crippen LogP contribution is 2.16. The first-order valence-electron chi connectivity index (χ1n) is 6.14. The monoisotopic (exact) mass is 260 g/mol. The summed E-state index contributed by atoms with van der Waals surface area (Å²) in [6.07, 6.45) is 1.76. The van der Waals surface area contributed by atoms with E-state index in [0.717, 1.165) is 11.3 Å². The largest absolute Gasteiger partial charge is 0.497 e. The number of aromatic nitrogens is 1. The van der Waals surface area contributed by atoms with Gasteiger partial charge in [0.15, 0.2) is 0 Å². The first kappa shape index (κ1) is 13.5. The molecule has 2 aromatic rings. The van der Waals surface area contributed by atoms with Gasteiger partial charge in [-0.1, -0.05) is 12.1 Å². The van der Waals surface area contributed by atoms with Gasteiger partial charge >= 0.3 is 0 Å². The van der Waals surface area contributed by atoms with Gasteiger partial charge in [-0.2, -0.15) is 0 Å². The number of methoxy groups -OCH3 is 1. The van der Waals surface area contributed by atoms with Crippen molar-refractivity contribution in [3.8, 4) is 5.75 Å². The van der Waals surface area contributed by atoms with Gasteiger partial charge in [0.1, 0.15) is 11.6 Å². The maximum absolute atomic E-state index is 13.7. The lowest BCUT2D eigenvalue weighted by Gasteiger charge is -2.08. The molecule has 2 rings (SSSR count).